The van der Waals surface area contributed by atoms with Gasteiger partial charge in [-0.2, -0.15) is 5.26 Å². The largest absolute Gasteiger partial charge is 0.497 e. The average molecular weight is 487 g/mol. The number of fused-ring (bicyclic) bond motifs is 2. The Labute approximate surface area is 212 Å². The standard InChI is InChI=1S/C28H34N6O2/c1-18-12-21-23(32(4)27(18)35)14-20(36-5)15-24(21)34-11-10-31(3)25-16-22(19(17-29)13-26(25)34)33-8-6-28(2,30)7-9-33/h12-16H,6-11,30H2,1-5H3. The summed E-state index contributed by atoms with van der Waals surface area (Å²) in [5.41, 5.74) is 12.3. The average Bonchev–Trinajstić information content (AvgIpc) is 2.87. The third kappa shape index (κ3) is 3.94. The highest BCUT2D eigenvalue weighted by Crippen LogP contribution is 2.44. The Morgan fingerprint density at radius 3 is 2.36 bits per heavy atom. The number of pyridine rings is 1. The van der Waals surface area contributed by atoms with E-state index in [0.29, 0.717) is 16.9 Å². The van der Waals surface area contributed by atoms with E-state index in [0.717, 1.165) is 72.7 Å². The van der Waals surface area contributed by atoms with E-state index in [1.54, 1.807) is 18.7 Å². The van der Waals surface area contributed by atoms with Crippen LogP contribution in [0.5, 0.6) is 5.75 Å². The van der Waals surface area contributed by atoms with Crippen LogP contribution >= 0.6 is 0 Å². The molecular formula is C28H34N6O2. The molecule has 3 aromatic rings. The molecule has 3 heterocycles. The second-order valence-electron chi connectivity index (χ2n) is 10.5. The Hall–Kier alpha value is -3.70. The number of rotatable bonds is 3. The van der Waals surface area contributed by atoms with Crippen molar-refractivity contribution in [2.75, 3.05) is 55.0 Å². The summed E-state index contributed by atoms with van der Waals surface area (Å²) in [6.45, 7) is 7.18. The lowest BCUT2D eigenvalue weighted by Crippen LogP contribution is -2.48. The number of benzene rings is 2. The van der Waals surface area contributed by atoms with Crippen molar-refractivity contribution in [1.82, 2.24) is 4.57 Å². The van der Waals surface area contributed by atoms with Crippen LogP contribution in [0.25, 0.3) is 10.9 Å². The van der Waals surface area contributed by atoms with Crippen LogP contribution in [0.3, 0.4) is 0 Å². The molecule has 0 radical (unpaired) electrons. The van der Waals surface area contributed by atoms with Gasteiger partial charge in [0.25, 0.3) is 5.56 Å². The van der Waals surface area contributed by atoms with Gasteiger partial charge in [-0.1, -0.05) is 0 Å². The molecule has 8 nitrogen and oxygen atoms in total. The Morgan fingerprint density at radius 1 is 0.972 bits per heavy atom. The number of hydrogen-bond acceptors (Lipinski definition) is 7. The molecule has 0 aliphatic carbocycles. The minimum atomic E-state index is -0.156. The first-order valence-corrected chi connectivity index (χ1v) is 12.4. The fraction of sp³-hybridized carbons (Fsp3) is 0.429. The van der Waals surface area contributed by atoms with Crippen molar-refractivity contribution in [2.45, 2.75) is 32.2 Å². The number of hydrogen-bond donors (Lipinski definition) is 1. The van der Waals surface area contributed by atoms with Crippen LogP contribution in [0.4, 0.5) is 22.7 Å². The molecule has 36 heavy (non-hydrogen) atoms. The number of aryl methyl sites for hydroxylation is 2. The molecule has 0 unspecified atom stereocenters. The molecule has 0 spiro atoms. The Morgan fingerprint density at radius 2 is 1.69 bits per heavy atom. The van der Waals surface area contributed by atoms with E-state index in [1.807, 2.05) is 31.2 Å². The zero-order valence-corrected chi connectivity index (χ0v) is 21.8. The van der Waals surface area contributed by atoms with E-state index in [-0.39, 0.29) is 11.1 Å². The number of nitrogens with zero attached hydrogens (tertiary/aromatic N) is 5. The van der Waals surface area contributed by atoms with Crippen LogP contribution < -0.4 is 30.7 Å². The van der Waals surface area contributed by atoms with Gasteiger partial charge in [0.1, 0.15) is 11.8 Å². The van der Waals surface area contributed by atoms with Crippen LogP contribution in [0, 0.1) is 18.3 Å². The summed E-state index contributed by atoms with van der Waals surface area (Å²) in [5, 5.41) is 11.1. The van der Waals surface area contributed by atoms with E-state index >= 15 is 0 Å². The van der Waals surface area contributed by atoms with Gasteiger partial charge in [-0.05, 0) is 44.9 Å². The molecular weight excluding hydrogens is 452 g/mol. The van der Waals surface area contributed by atoms with Crippen molar-refractivity contribution in [3.63, 3.8) is 0 Å². The van der Waals surface area contributed by atoms with Crippen molar-refractivity contribution < 1.29 is 4.74 Å². The van der Waals surface area contributed by atoms with Gasteiger partial charge >= 0.3 is 0 Å². The van der Waals surface area contributed by atoms with Crippen LogP contribution in [0.15, 0.2) is 35.1 Å². The Kier molecular flexibility index (Phi) is 5.84. The normalized spacial score (nSPS) is 17.2. The van der Waals surface area contributed by atoms with Gasteiger partial charge in [-0.3, -0.25) is 4.79 Å². The summed E-state index contributed by atoms with van der Waals surface area (Å²) in [7, 11) is 5.53. The summed E-state index contributed by atoms with van der Waals surface area (Å²) in [6, 6.07) is 12.5. The third-order valence-corrected chi connectivity index (χ3v) is 7.82. The first kappa shape index (κ1) is 24.0. The molecule has 2 aliphatic rings. The SMILES string of the molecule is COc1cc(N2CCN(C)c3cc(N4CCC(C)(N)CC4)c(C#N)cc32)c2cc(C)c(=O)n(C)c2c1. The number of likely N-dealkylation sites (N-methyl/N-ethyl adjacent to an activating group) is 1. The van der Waals surface area contributed by atoms with Crippen LogP contribution in [-0.2, 0) is 7.05 Å². The summed E-state index contributed by atoms with van der Waals surface area (Å²) < 4.78 is 7.31. The van der Waals surface area contributed by atoms with Gasteiger partial charge in [0.2, 0.25) is 0 Å². The topological polar surface area (TPSA) is 90.8 Å². The summed E-state index contributed by atoms with van der Waals surface area (Å²) in [6.07, 6.45) is 1.79. The number of nitrogens with two attached hydrogens (primary N) is 1. The smallest absolute Gasteiger partial charge is 0.253 e. The van der Waals surface area contributed by atoms with Crippen LogP contribution in [0.1, 0.15) is 30.9 Å². The minimum Gasteiger partial charge on any atom is -0.497 e. The zero-order valence-electron chi connectivity index (χ0n) is 21.8. The molecule has 0 amide bonds. The van der Waals surface area contributed by atoms with Gasteiger partial charge in [-0.25, -0.2) is 0 Å². The van der Waals surface area contributed by atoms with Crippen LogP contribution in [0.2, 0.25) is 0 Å². The molecule has 5 rings (SSSR count). The van der Waals surface area contributed by atoms with Gasteiger partial charge in [0.15, 0.2) is 0 Å². The highest BCUT2D eigenvalue weighted by molar-refractivity contribution is 5.98. The molecule has 0 bridgehead atoms. The Balaban J connectivity index is 1.68. The lowest BCUT2D eigenvalue weighted by atomic mass is 9.90. The number of nitriles is 1. The molecule has 188 valence electrons. The predicted molar refractivity (Wildman–Crippen MR) is 146 cm³/mol. The maximum Gasteiger partial charge on any atom is 0.253 e. The van der Waals surface area contributed by atoms with E-state index in [9.17, 15) is 10.1 Å². The van der Waals surface area contributed by atoms with Crippen molar-refractivity contribution in [1.29, 1.82) is 5.26 Å². The fourth-order valence-corrected chi connectivity index (χ4v) is 5.46. The Bertz CT molecular complexity index is 1440. The van der Waals surface area contributed by atoms with Gasteiger partial charge in [0, 0.05) is 68.9 Å². The molecule has 2 aromatic carbocycles. The van der Waals surface area contributed by atoms with Gasteiger partial charge in [-0.15, -0.1) is 0 Å². The second-order valence-corrected chi connectivity index (χ2v) is 10.5. The molecule has 2 N–H and O–H groups in total. The highest BCUT2D eigenvalue weighted by Gasteiger charge is 2.30. The van der Waals surface area contributed by atoms with Crippen molar-refractivity contribution >= 4 is 33.7 Å². The van der Waals surface area contributed by atoms with Gasteiger partial charge < -0.3 is 29.7 Å². The molecule has 1 saturated heterocycles. The third-order valence-electron chi connectivity index (χ3n) is 7.82. The maximum absolute atomic E-state index is 12.7. The molecule has 2 aliphatic heterocycles. The lowest BCUT2D eigenvalue weighted by Gasteiger charge is -2.41. The van der Waals surface area contributed by atoms with E-state index in [2.05, 4.69) is 40.8 Å². The molecule has 1 aromatic heterocycles. The predicted octanol–water partition coefficient (Wildman–Crippen LogP) is 3.63. The number of ether oxygens (including phenoxy) is 1. The zero-order chi connectivity index (χ0) is 25.8. The fourth-order valence-electron chi connectivity index (χ4n) is 5.46. The number of anilines is 4. The summed E-state index contributed by atoms with van der Waals surface area (Å²) in [5.74, 6) is 0.687. The van der Waals surface area contributed by atoms with Crippen LogP contribution in [-0.4, -0.2) is 50.4 Å². The monoisotopic (exact) mass is 486 g/mol. The van der Waals surface area contributed by atoms with Gasteiger partial charge in [0.05, 0.1) is 40.9 Å². The summed E-state index contributed by atoms with van der Waals surface area (Å²) >= 11 is 0. The number of aromatic nitrogens is 1. The van der Waals surface area contributed by atoms with E-state index in [1.165, 1.54) is 0 Å². The molecule has 1 fully saturated rings. The number of piperidine rings is 1. The summed E-state index contributed by atoms with van der Waals surface area (Å²) in [4.78, 5) is 19.5. The van der Waals surface area contributed by atoms with E-state index in [4.69, 9.17) is 10.5 Å². The first-order chi connectivity index (χ1) is 17.1. The highest BCUT2D eigenvalue weighted by atomic mass is 16.5. The second kappa shape index (κ2) is 8.75. The van der Waals surface area contributed by atoms with Crippen molar-refractivity contribution in [2.24, 2.45) is 12.8 Å². The maximum atomic E-state index is 12.7. The first-order valence-electron chi connectivity index (χ1n) is 12.4. The quantitative estimate of drug-likeness (QED) is 0.604. The van der Waals surface area contributed by atoms with E-state index < -0.39 is 0 Å². The molecule has 0 saturated carbocycles. The van der Waals surface area contributed by atoms with Crippen molar-refractivity contribution in [3.8, 4) is 11.8 Å². The number of methoxy groups -OCH3 is 1. The van der Waals surface area contributed by atoms with Crippen molar-refractivity contribution in [3.05, 3.63) is 51.8 Å². The lowest BCUT2D eigenvalue weighted by molar-refractivity contribution is 0.364. The molecule has 0 atom stereocenters. The molecule has 8 heteroatoms. The minimum absolute atomic E-state index is 0.0213.